The molecule has 4 nitrogen and oxygen atoms in total. The number of hydrogen-bond donors (Lipinski definition) is 1. The van der Waals surface area contributed by atoms with Gasteiger partial charge in [-0.1, -0.05) is 13.8 Å². The van der Waals surface area contributed by atoms with Gasteiger partial charge in [0.1, 0.15) is 28.7 Å². The fourth-order valence-electron chi connectivity index (χ4n) is 3.85. The predicted octanol–water partition coefficient (Wildman–Crippen LogP) is 6.08. The molecule has 0 spiro atoms. The fourth-order valence-corrected chi connectivity index (χ4v) is 3.85. The molecular formula is C24H23FO4. The molecule has 5 heteroatoms. The Morgan fingerprint density at radius 1 is 1.14 bits per heavy atom. The Morgan fingerprint density at radius 2 is 1.86 bits per heavy atom. The molecule has 1 aliphatic rings. The zero-order chi connectivity index (χ0) is 21.1. The van der Waals surface area contributed by atoms with E-state index in [0.717, 1.165) is 5.56 Å². The number of phenolic OH excluding ortho intramolecular Hbond substituents is 1. The standard InChI is InChI=1S/C24H23FO4/c1-12(2)15-10-17-16(11-18(15)25)22-19(26)8-14(9-21(22)29-24(17,4)5)23(27)20-7-6-13(3)28-20/h6-12,26H,1-5H3. The molecule has 0 saturated heterocycles. The fraction of sp³-hybridized carbons (Fsp3) is 0.292. The third-order valence-electron chi connectivity index (χ3n) is 5.35. The number of ether oxygens (including phenoxy) is 1. The number of aryl methyl sites for hydroxylation is 1. The van der Waals surface area contributed by atoms with Crippen molar-refractivity contribution in [1.29, 1.82) is 0 Å². The van der Waals surface area contributed by atoms with Gasteiger partial charge in [0.05, 0.1) is 5.56 Å². The number of ketones is 1. The van der Waals surface area contributed by atoms with E-state index < -0.39 is 5.60 Å². The number of fused-ring (bicyclic) bond motifs is 3. The van der Waals surface area contributed by atoms with Crippen LogP contribution in [0.3, 0.4) is 0 Å². The summed E-state index contributed by atoms with van der Waals surface area (Å²) >= 11 is 0. The van der Waals surface area contributed by atoms with Crippen LogP contribution in [0.5, 0.6) is 11.5 Å². The highest BCUT2D eigenvalue weighted by Crippen LogP contribution is 2.50. The van der Waals surface area contributed by atoms with E-state index in [9.17, 15) is 14.3 Å². The maximum atomic E-state index is 14.7. The maximum absolute atomic E-state index is 14.7. The van der Waals surface area contributed by atoms with Crippen molar-refractivity contribution >= 4 is 5.78 Å². The van der Waals surface area contributed by atoms with Crippen LogP contribution in [-0.4, -0.2) is 10.9 Å². The van der Waals surface area contributed by atoms with Crippen LogP contribution in [0.25, 0.3) is 11.1 Å². The van der Waals surface area contributed by atoms with Gasteiger partial charge in [-0.25, -0.2) is 4.39 Å². The van der Waals surface area contributed by atoms with Crippen LogP contribution in [0.1, 0.15) is 66.6 Å². The minimum Gasteiger partial charge on any atom is -0.507 e. The smallest absolute Gasteiger partial charge is 0.228 e. The first kappa shape index (κ1) is 19.2. The average Bonchev–Trinajstić information content (AvgIpc) is 3.05. The molecule has 1 aromatic heterocycles. The van der Waals surface area contributed by atoms with Crippen molar-refractivity contribution in [2.24, 2.45) is 0 Å². The van der Waals surface area contributed by atoms with Gasteiger partial charge in [0.15, 0.2) is 5.76 Å². The van der Waals surface area contributed by atoms with Gasteiger partial charge < -0.3 is 14.3 Å². The molecule has 4 rings (SSSR count). The number of phenols is 1. The van der Waals surface area contributed by atoms with E-state index in [1.807, 2.05) is 33.8 Å². The molecule has 2 aromatic carbocycles. The van der Waals surface area contributed by atoms with Crippen molar-refractivity contribution in [3.8, 4) is 22.6 Å². The van der Waals surface area contributed by atoms with Crippen molar-refractivity contribution in [3.63, 3.8) is 0 Å². The lowest BCUT2D eigenvalue weighted by atomic mass is 9.82. The summed E-state index contributed by atoms with van der Waals surface area (Å²) in [6.07, 6.45) is 0. The largest absolute Gasteiger partial charge is 0.507 e. The molecule has 1 N–H and O–H groups in total. The summed E-state index contributed by atoms with van der Waals surface area (Å²) in [6, 6.07) is 9.51. The number of carbonyl (C=O) groups excluding carboxylic acids is 1. The number of benzene rings is 2. The summed E-state index contributed by atoms with van der Waals surface area (Å²) in [7, 11) is 0. The lowest BCUT2D eigenvalue weighted by Gasteiger charge is -2.36. The van der Waals surface area contributed by atoms with Crippen LogP contribution in [-0.2, 0) is 5.60 Å². The van der Waals surface area contributed by atoms with Crippen LogP contribution in [0, 0.1) is 12.7 Å². The Kier molecular flexibility index (Phi) is 4.30. The van der Waals surface area contributed by atoms with Gasteiger partial charge in [-0.05, 0) is 74.2 Å². The second-order valence-electron chi connectivity index (χ2n) is 8.29. The molecule has 0 unspecified atom stereocenters. The molecule has 0 radical (unpaired) electrons. The highest BCUT2D eigenvalue weighted by Gasteiger charge is 2.36. The van der Waals surface area contributed by atoms with E-state index in [4.69, 9.17) is 9.15 Å². The Balaban J connectivity index is 1.90. The van der Waals surface area contributed by atoms with Gasteiger partial charge in [0.2, 0.25) is 5.78 Å². The topological polar surface area (TPSA) is 59.7 Å². The second kappa shape index (κ2) is 6.48. The zero-order valence-corrected chi connectivity index (χ0v) is 17.1. The highest BCUT2D eigenvalue weighted by atomic mass is 19.1. The molecule has 0 fully saturated rings. The van der Waals surface area contributed by atoms with Crippen LogP contribution in [0.4, 0.5) is 4.39 Å². The lowest BCUT2D eigenvalue weighted by Crippen LogP contribution is -2.30. The molecule has 0 aliphatic carbocycles. The Morgan fingerprint density at radius 3 is 2.48 bits per heavy atom. The SMILES string of the molecule is Cc1ccc(C(=O)c2cc(O)c3c(c2)OC(C)(C)c2cc(C(C)C)c(F)cc2-3)o1. The number of rotatable bonds is 3. The predicted molar refractivity (Wildman–Crippen MR) is 108 cm³/mol. The van der Waals surface area contributed by atoms with Gasteiger partial charge in [0, 0.05) is 11.1 Å². The van der Waals surface area contributed by atoms with E-state index >= 15 is 0 Å². The summed E-state index contributed by atoms with van der Waals surface area (Å²) in [5.74, 6) is 0.345. The Hall–Kier alpha value is -3.08. The van der Waals surface area contributed by atoms with Crippen molar-refractivity contribution < 1.29 is 23.4 Å². The van der Waals surface area contributed by atoms with E-state index in [2.05, 4.69) is 0 Å². The summed E-state index contributed by atoms with van der Waals surface area (Å²) in [5, 5.41) is 10.7. The lowest BCUT2D eigenvalue weighted by molar-refractivity contribution is 0.0989. The molecule has 0 atom stereocenters. The molecule has 0 bridgehead atoms. The number of halogens is 1. The Labute approximate surface area is 168 Å². The normalized spacial score (nSPS) is 14.3. The zero-order valence-electron chi connectivity index (χ0n) is 17.1. The number of hydrogen-bond acceptors (Lipinski definition) is 4. The van der Waals surface area contributed by atoms with Gasteiger partial charge in [-0.15, -0.1) is 0 Å². The molecule has 1 aliphatic heterocycles. The average molecular weight is 394 g/mol. The third kappa shape index (κ3) is 3.11. The molecular weight excluding hydrogens is 371 g/mol. The summed E-state index contributed by atoms with van der Waals surface area (Å²) in [4.78, 5) is 12.8. The van der Waals surface area contributed by atoms with Gasteiger partial charge in [-0.3, -0.25) is 4.79 Å². The van der Waals surface area contributed by atoms with E-state index in [0.29, 0.717) is 28.2 Å². The van der Waals surface area contributed by atoms with Crippen LogP contribution >= 0.6 is 0 Å². The minimum atomic E-state index is -0.755. The van der Waals surface area contributed by atoms with Gasteiger partial charge in [-0.2, -0.15) is 0 Å². The summed E-state index contributed by atoms with van der Waals surface area (Å²) < 4.78 is 26.3. The highest BCUT2D eigenvalue weighted by molar-refractivity contribution is 6.08. The van der Waals surface area contributed by atoms with Crippen molar-refractivity contribution in [2.75, 3.05) is 0 Å². The molecule has 0 saturated carbocycles. The molecule has 29 heavy (non-hydrogen) atoms. The first-order chi connectivity index (χ1) is 13.6. The molecule has 2 heterocycles. The first-order valence-electron chi connectivity index (χ1n) is 9.60. The molecule has 3 aromatic rings. The summed E-state index contributed by atoms with van der Waals surface area (Å²) in [6.45, 7) is 9.39. The minimum absolute atomic E-state index is 0.0165. The Bertz CT molecular complexity index is 1140. The van der Waals surface area contributed by atoms with Crippen LogP contribution < -0.4 is 4.74 Å². The second-order valence-corrected chi connectivity index (χ2v) is 8.29. The van der Waals surface area contributed by atoms with Crippen molar-refractivity contribution in [1.82, 2.24) is 0 Å². The monoisotopic (exact) mass is 394 g/mol. The van der Waals surface area contributed by atoms with E-state index in [-0.39, 0.29) is 34.6 Å². The van der Waals surface area contributed by atoms with Gasteiger partial charge in [0.25, 0.3) is 0 Å². The van der Waals surface area contributed by atoms with Crippen molar-refractivity contribution in [3.05, 3.63) is 70.4 Å². The van der Waals surface area contributed by atoms with Gasteiger partial charge >= 0.3 is 0 Å². The van der Waals surface area contributed by atoms with Crippen molar-refractivity contribution in [2.45, 2.75) is 46.1 Å². The first-order valence-corrected chi connectivity index (χ1v) is 9.60. The van der Waals surface area contributed by atoms with E-state index in [1.54, 1.807) is 25.1 Å². The number of aromatic hydroxyl groups is 1. The van der Waals surface area contributed by atoms with Crippen LogP contribution in [0.15, 0.2) is 40.8 Å². The third-order valence-corrected chi connectivity index (χ3v) is 5.35. The summed E-state index contributed by atoms with van der Waals surface area (Å²) in [5.41, 5.74) is 1.85. The van der Waals surface area contributed by atoms with E-state index in [1.165, 1.54) is 12.1 Å². The van der Waals surface area contributed by atoms with Crippen LogP contribution in [0.2, 0.25) is 0 Å². The molecule has 0 amide bonds. The number of carbonyl (C=O) groups is 1. The number of furan rings is 1. The maximum Gasteiger partial charge on any atom is 0.228 e. The molecule has 150 valence electrons. The quantitative estimate of drug-likeness (QED) is 0.547.